The molecule has 2 saturated heterocycles. The van der Waals surface area contributed by atoms with E-state index in [1.165, 1.54) is 0 Å². The average molecular weight is 410 g/mol. The summed E-state index contributed by atoms with van der Waals surface area (Å²) in [6.45, 7) is 2.35. The number of alkyl halides is 3. The van der Waals surface area contributed by atoms with Gasteiger partial charge in [0.25, 0.3) is 0 Å². The molecule has 0 amide bonds. The molecule has 0 aliphatic carbocycles. The van der Waals surface area contributed by atoms with Crippen molar-refractivity contribution in [2.45, 2.75) is 42.0 Å². The SMILES string of the molecule is O=C(O)C(F)(F)F.O=S(=O)(N[C@H]1COC2(CCNCC2)C1)c1ccccc1. The van der Waals surface area contributed by atoms with E-state index < -0.39 is 22.2 Å². The van der Waals surface area contributed by atoms with Gasteiger partial charge in [0.15, 0.2) is 0 Å². The van der Waals surface area contributed by atoms with Crippen molar-refractivity contribution in [2.24, 2.45) is 0 Å². The van der Waals surface area contributed by atoms with Gasteiger partial charge < -0.3 is 15.2 Å². The minimum Gasteiger partial charge on any atom is -0.475 e. The maximum Gasteiger partial charge on any atom is 0.490 e. The molecule has 1 aromatic rings. The summed E-state index contributed by atoms with van der Waals surface area (Å²) in [4.78, 5) is 9.21. The zero-order valence-corrected chi connectivity index (χ0v) is 15.1. The summed E-state index contributed by atoms with van der Waals surface area (Å²) < 4.78 is 65.0. The first-order valence-electron chi connectivity index (χ1n) is 8.26. The monoisotopic (exact) mass is 410 g/mol. The number of rotatable bonds is 3. The molecule has 2 fully saturated rings. The van der Waals surface area contributed by atoms with E-state index in [4.69, 9.17) is 14.6 Å². The maximum atomic E-state index is 12.3. The van der Waals surface area contributed by atoms with Gasteiger partial charge in [0.1, 0.15) is 0 Å². The van der Waals surface area contributed by atoms with Gasteiger partial charge in [-0.1, -0.05) is 18.2 Å². The third-order valence-corrected chi connectivity index (χ3v) is 5.88. The molecule has 2 heterocycles. The molecule has 2 aliphatic rings. The second-order valence-corrected chi connectivity index (χ2v) is 8.10. The summed E-state index contributed by atoms with van der Waals surface area (Å²) in [6.07, 6.45) is -2.41. The number of hydrogen-bond donors (Lipinski definition) is 3. The van der Waals surface area contributed by atoms with Crippen molar-refractivity contribution < 1.29 is 36.2 Å². The van der Waals surface area contributed by atoms with Crippen molar-refractivity contribution in [1.82, 2.24) is 10.0 Å². The molecular weight excluding hydrogens is 389 g/mol. The number of aliphatic carboxylic acids is 1. The normalized spacial score (nSPS) is 22.1. The lowest BCUT2D eigenvalue weighted by Gasteiger charge is -2.32. The van der Waals surface area contributed by atoms with Crippen molar-refractivity contribution in [3.8, 4) is 0 Å². The summed E-state index contributed by atoms with van der Waals surface area (Å²) in [5.74, 6) is -2.76. The predicted octanol–water partition coefficient (Wildman–Crippen LogP) is 1.51. The molecule has 1 aromatic carbocycles. The predicted molar refractivity (Wildman–Crippen MR) is 89.6 cm³/mol. The van der Waals surface area contributed by atoms with Gasteiger partial charge in [0.05, 0.1) is 17.1 Å². The van der Waals surface area contributed by atoms with Crippen LogP contribution in [0.2, 0.25) is 0 Å². The van der Waals surface area contributed by atoms with Crippen molar-refractivity contribution in [2.75, 3.05) is 19.7 Å². The van der Waals surface area contributed by atoms with Crippen LogP contribution >= 0.6 is 0 Å². The smallest absolute Gasteiger partial charge is 0.475 e. The first-order chi connectivity index (χ1) is 12.5. The van der Waals surface area contributed by atoms with Crippen molar-refractivity contribution in [1.29, 1.82) is 0 Å². The highest BCUT2D eigenvalue weighted by atomic mass is 32.2. The summed E-state index contributed by atoms with van der Waals surface area (Å²) in [7, 11) is -3.44. The molecule has 0 radical (unpaired) electrons. The summed E-state index contributed by atoms with van der Waals surface area (Å²) in [6, 6.07) is 8.36. The Morgan fingerprint density at radius 2 is 1.78 bits per heavy atom. The fraction of sp³-hybridized carbons (Fsp3) is 0.562. The number of sulfonamides is 1. The Bertz CT molecular complexity index is 734. The van der Waals surface area contributed by atoms with E-state index in [2.05, 4.69) is 10.0 Å². The second kappa shape index (κ2) is 8.55. The Morgan fingerprint density at radius 1 is 1.22 bits per heavy atom. The van der Waals surface area contributed by atoms with Crippen molar-refractivity contribution in [3.05, 3.63) is 30.3 Å². The first-order valence-corrected chi connectivity index (χ1v) is 9.75. The molecular formula is C16H21F3N2O5S. The summed E-state index contributed by atoms with van der Waals surface area (Å²) in [5.41, 5.74) is -0.130. The van der Waals surface area contributed by atoms with Crippen LogP contribution in [0.25, 0.3) is 0 Å². The van der Waals surface area contributed by atoms with Gasteiger partial charge in [-0.2, -0.15) is 13.2 Å². The Morgan fingerprint density at radius 3 is 2.30 bits per heavy atom. The number of piperidine rings is 1. The van der Waals surface area contributed by atoms with Crippen LogP contribution in [0.5, 0.6) is 0 Å². The van der Waals surface area contributed by atoms with Gasteiger partial charge in [0.2, 0.25) is 10.0 Å². The number of carboxylic acid groups (broad SMARTS) is 1. The van der Waals surface area contributed by atoms with Gasteiger partial charge in [-0.15, -0.1) is 0 Å². The molecule has 1 atom stereocenters. The lowest BCUT2D eigenvalue weighted by atomic mass is 9.88. The number of carboxylic acids is 1. The van der Waals surface area contributed by atoms with Crippen LogP contribution in [0.3, 0.4) is 0 Å². The highest BCUT2D eigenvalue weighted by molar-refractivity contribution is 7.89. The van der Waals surface area contributed by atoms with Crippen LogP contribution < -0.4 is 10.0 Å². The van der Waals surface area contributed by atoms with E-state index >= 15 is 0 Å². The third kappa shape index (κ3) is 6.16. The molecule has 11 heteroatoms. The van der Waals surface area contributed by atoms with Crippen LogP contribution in [-0.2, 0) is 19.6 Å². The Labute approximate surface area is 155 Å². The molecule has 0 unspecified atom stereocenters. The van der Waals surface area contributed by atoms with Gasteiger partial charge in [-0.3, -0.25) is 0 Å². The van der Waals surface area contributed by atoms with Crippen LogP contribution in [0.15, 0.2) is 35.2 Å². The molecule has 0 bridgehead atoms. The van der Waals surface area contributed by atoms with Gasteiger partial charge >= 0.3 is 12.1 Å². The van der Waals surface area contributed by atoms with E-state index in [0.717, 1.165) is 32.4 Å². The standard InChI is InChI=1S/C14H20N2O3S.C2HF3O2/c17-20(18,13-4-2-1-3-5-13)16-12-10-14(19-11-12)6-8-15-9-7-14;3-2(4,5)1(6)7/h1-5,12,15-16H,6-11H2;(H,6,7)/t12-;/m1./s1. The number of halogens is 3. The summed E-state index contributed by atoms with van der Waals surface area (Å²) >= 11 is 0. The van der Waals surface area contributed by atoms with E-state index in [9.17, 15) is 21.6 Å². The lowest BCUT2D eigenvalue weighted by molar-refractivity contribution is -0.192. The zero-order chi connectivity index (χ0) is 20.1. The summed E-state index contributed by atoms with van der Waals surface area (Å²) in [5, 5.41) is 10.4. The molecule has 1 spiro atoms. The molecule has 3 N–H and O–H groups in total. The lowest BCUT2D eigenvalue weighted by Crippen LogP contribution is -2.42. The fourth-order valence-electron chi connectivity index (χ4n) is 3.04. The Balaban J connectivity index is 0.000000321. The van der Waals surface area contributed by atoms with Gasteiger partial charge in [-0.05, 0) is 44.5 Å². The molecule has 0 saturated carbocycles. The first kappa shape index (κ1) is 21.6. The highest BCUT2D eigenvalue weighted by Gasteiger charge is 2.42. The largest absolute Gasteiger partial charge is 0.490 e. The van der Waals surface area contributed by atoms with E-state index in [1.54, 1.807) is 24.3 Å². The van der Waals surface area contributed by atoms with Crippen LogP contribution in [-0.4, -0.2) is 57.0 Å². The highest BCUT2D eigenvalue weighted by Crippen LogP contribution is 2.34. The van der Waals surface area contributed by atoms with Gasteiger partial charge in [-0.25, -0.2) is 17.9 Å². The third-order valence-electron chi connectivity index (χ3n) is 4.34. The molecule has 0 aromatic heterocycles. The minimum absolute atomic E-state index is 0.127. The maximum absolute atomic E-state index is 12.3. The molecule has 27 heavy (non-hydrogen) atoms. The molecule has 7 nitrogen and oxygen atoms in total. The van der Waals surface area contributed by atoms with Crippen molar-refractivity contribution in [3.63, 3.8) is 0 Å². The average Bonchev–Trinajstić information content (AvgIpc) is 2.97. The topological polar surface area (TPSA) is 105 Å². The van der Waals surface area contributed by atoms with Crippen LogP contribution in [0, 0.1) is 0 Å². The van der Waals surface area contributed by atoms with E-state index in [1.807, 2.05) is 6.07 Å². The van der Waals surface area contributed by atoms with Crippen molar-refractivity contribution >= 4 is 16.0 Å². The number of nitrogens with one attached hydrogen (secondary N) is 2. The number of ether oxygens (including phenoxy) is 1. The number of carbonyl (C=O) groups is 1. The van der Waals surface area contributed by atoms with Crippen LogP contribution in [0.4, 0.5) is 13.2 Å². The Hall–Kier alpha value is -1.69. The number of benzene rings is 1. The zero-order valence-electron chi connectivity index (χ0n) is 14.3. The minimum atomic E-state index is -5.08. The van der Waals surface area contributed by atoms with E-state index in [0.29, 0.717) is 11.5 Å². The van der Waals surface area contributed by atoms with Gasteiger partial charge in [0, 0.05) is 6.04 Å². The molecule has 2 aliphatic heterocycles. The molecule has 152 valence electrons. The Kier molecular flexibility index (Phi) is 6.84. The van der Waals surface area contributed by atoms with E-state index in [-0.39, 0.29) is 11.6 Å². The molecule has 3 rings (SSSR count). The van der Waals surface area contributed by atoms with Crippen LogP contribution in [0.1, 0.15) is 19.3 Å². The second-order valence-electron chi connectivity index (χ2n) is 6.38. The number of hydrogen-bond acceptors (Lipinski definition) is 5. The fourth-order valence-corrected chi connectivity index (χ4v) is 4.28. The quantitative estimate of drug-likeness (QED) is 0.698.